The fourth-order valence-electron chi connectivity index (χ4n) is 5.87. The number of alkyl halides is 3. The zero-order valence-corrected chi connectivity index (χ0v) is 24.2. The molecule has 0 bridgehead atoms. The summed E-state index contributed by atoms with van der Waals surface area (Å²) in [6.07, 6.45) is -4.70. The normalized spacial score (nSPS) is 18.0. The lowest BCUT2D eigenvalue weighted by atomic mass is 9.86. The molecular weight excluding hydrogens is 575 g/mol. The summed E-state index contributed by atoms with van der Waals surface area (Å²) >= 11 is 0. The summed E-state index contributed by atoms with van der Waals surface area (Å²) < 4.78 is 58.0. The quantitative estimate of drug-likeness (QED) is 0.140. The number of aliphatic hydroxyl groups excluding tert-OH is 1. The van der Waals surface area contributed by atoms with Crippen LogP contribution in [0.3, 0.4) is 0 Å². The summed E-state index contributed by atoms with van der Waals surface area (Å²) in [6, 6.07) is 17.3. The zero-order valence-electron chi connectivity index (χ0n) is 24.2. The number of halogens is 3. The van der Waals surface area contributed by atoms with E-state index in [-0.39, 0.29) is 27.9 Å². The van der Waals surface area contributed by atoms with Gasteiger partial charge in [0.25, 0.3) is 0 Å². The van der Waals surface area contributed by atoms with E-state index in [0.717, 1.165) is 29.0 Å². The first kappa shape index (κ1) is 29.3. The molecule has 0 saturated heterocycles. The number of carbonyl (C=O) groups excluding carboxylic acids is 1. The molecule has 1 aliphatic rings. The molecule has 0 fully saturated rings. The Hall–Kier alpha value is -4.83. The third-order valence-electron chi connectivity index (χ3n) is 8.05. The number of benzene rings is 4. The van der Waals surface area contributed by atoms with Crippen LogP contribution in [0.5, 0.6) is 11.5 Å². The van der Waals surface area contributed by atoms with E-state index in [1.807, 2.05) is 36.4 Å². The van der Waals surface area contributed by atoms with Crippen molar-refractivity contribution in [1.29, 1.82) is 0 Å². The Morgan fingerprint density at radius 3 is 2.34 bits per heavy atom. The Kier molecular flexibility index (Phi) is 6.92. The van der Waals surface area contributed by atoms with Gasteiger partial charge in [-0.2, -0.15) is 13.2 Å². The van der Waals surface area contributed by atoms with Crippen LogP contribution in [-0.2, 0) is 22.8 Å². The lowest BCUT2D eigenvalue weighted by Crippen LogP contribution is -2.51. The third kappa shape index (κ3) is 4.85. The maximum atomic E-state index is 14.0. The highest BCUT2D eigenvalue weighted by Crippen LogP contribution is 2.47. The minimum atomic E-state index is -4.47. The van der Waals surface area contributed by atoms with Gasteiger partial charge in [0.1, 0.15) is 23.2 Å². The molecule has 226 valence electrons. The molecular formula is C34H28F3NO6. The molecule has 6 rings (SSSR count). The molecule has 2 atom stereocenters. The number of carbonyl (C=O) groups is 1. The van der Waals surface area contributed by atoms with E-state index in [1.165, 1.54) is 25.3 Å². The number of ether oxygens (including phenoxy) is 3. The highest BCUT2D eigenvalue weighted by atomic mass is 19.4. The summed E-state index contributed by atoms with van der Waals surface area (Å²) in [6.45, 7) is 3.30. The second kappa shape index (κ2) is 10.4. The van der Waals surface area contributed by atoms with Gasteiger partial charge in [-0.3, -0.25) is 4.79 Å². The Morgan fingerprint density at radius 1 is 1.05 bits per heavy atom. The van der Waals surface area contributed by atoms with Crippen molar-refractivity contribution >= 4 is 44.6 Å². The van der Waals surface area contributed by atoms with Gasteiger partial charge in [-0.25, -0.2) is 4.79 Å². The van der Waals surface area contributed by atoms with Crippen molar-refractivity contribution in [2.24, 2.45) is 7.05 Å². The van der Waals surface area contributed by atoms with Crippen LogP contribution in [0.25, 0.3) is 38.7 Å². The van der Waals surface area contributed by atoms with Crippen LogP contribution in [0.1, 0.15) is 36.6 Å². The molecule has 2 heterocycles. The van der Waals surface area contributed by atoms with Crippen LogP contribution >= 0.6 is 0 Å². The van der Waals surface area contributed by atoms with Gasteiger partial charge in [0.05, 0.1) is 34.7 Å². The van der Waals surface area contributed by atoms with Crippen molar-refractivity contribution in [3.8, 4) is 11.5 Å². The number of aromatic nitrogens is 1. The molecule has 1 N–H and O–H groups in total. The zero-order chi connectivity index (χ0) is 31.6. The number of esters is 1. The SMILES string of the molecule is COc1cc2c(c3c1c(=O)c1cc4ccccc4cc1n3C)C(O)C(OC(=O)/C=C/c1ccc(C(F)(F)F)cc1)C(C)(C)O2. The maximum Gasteiger partial charge on any atom is 0.416 e. The minimum absolute atomic E-state index is 0.242. The van der Waals surface area contributed by atoms with Crippen LogP contribution < -0.4 is 14.9 Å². The van der Waals surface area contributed by atoms with Crippen molar-refractivity contribution in [3.63, 3.8) is 0 Å². The Labute approximate surface area is 249 Å². The largest absolute Gasteiger partial charge is 0.496 e. The van der Waals surface area contributed by atoms with Gasteiger partial charge >= 0.3 is 12.1 Å². The van der Waals surface area contributed by atoms with E-state index in [1.54, 1.807) is 31.5 Å². The lowest BCUT2D eigenvalue weighted by Gasteiger charge is -2.42. The number of hydrogen-bond donors (Lipinski definition) is 1. The van der Waals surface area contributed by atoms with Gasteiger partial charge in [-0.1, -0.05) is 36.4 Å². The molecule has 0 saturated carbocycles. The van der Waals surface area contributed by atoms with Gasteiger partial charge in [0, 0.05) is 24.6 Å². The topological polar surface area (TPSA) is 87.0 Å². The van der Waals surface area contributed by atoms with Crippen LogP contribution in [0.15, 0.2) is 77.6 Å². The molecule has 4 aromatic carbocycles. The van der Waals surface area contributed by atoms with E-state index < -0.39 is 35.5 Å². The van der Waals surface area contributed by atoms with Crippen LogP contribution in [0.4, 0.5) is 13.2 Å². The van der Waals surface area contributed by atoms with Crippen molar-refractivity contribution in [1.82, 2.24) is 4.57 Å². The Morgan fingerprint density at radius 2 is 1.70 bits per heavy atom. The molecule has 0 radical (unpaired) electrons. The number of aliphatic hydroxyl groups is 1. The molecule has 0 aliphatic carbocycles. The monoisotopic (exact) mass is 603 g/mol. The first-order valence-corrected chi connectivity index (χ1v) is 13.8. The standard InChI is InChI=1S/C34H28F3NO6/c1-33(2)32(43-26(39)14-11-18-9-12-21(13-10-18)34(35,36)37)31(41)28-25(44-33)17-24(42-4)27-29(28)38(3)23-16-20-8-6-5-7-19(20)15-22(23)30(27)40/h5-17,31-32,41H,1-4H3/b14-11+. The summed E-state index contributed by atoms with van der Waals surface area (Å²) in [4.78, 5) is 26.9. The van der Waals surface area contributed by atoms with E-state index >= 15 is 0 Å². The number of fused-ring (bicyclic) bond motifs is 5. The number of hydrogen-bond acceptors (Lipinski definition) is 6. The van der Waals surface area contributed by atoms with Gasteiger partial charge in [-0.15, -0.1) is 0 Å². The Bertz CT molecular complexity index is 2040. The lowest BCUT2D eigenvalue weighted by molar-refractivity contribution is -0.171. The van der Waals surface area contributed by atoms with Crippen LogP contribution in [0, 0.1) is 0 Å². The summed E-state index contributed by atoms with van der Waals surface area (Å²) in [5, 5.41) is 14.3. The average molecular weight is 604 g/mol. The number of nitrogens with zero attached hydrogens (tertiary/aromatic N) is 1. The highest BCUT2D eigenvalue weighted by molar-refractivity contribution is 6.04. The highest BCUT2D eigenvalue weighted by Gasteiger charge is 2.47. The summed E-state index contributed by atoms with van der Waals surface area (Å²) in [7, 11) is 3.22. The van der Waals surface area contributed by atoms with E-state index in [2.05, 4.69) is 0 Å². The molecule has 1 aliphatic heterocycles. The number of aryl methyl sites for hydroxylation is 1. The van der Waals surface area contributed by atoms with Crippen molar-refractivity contribution in [3.05, 3.63) is 99.7 Å². The molecule has 7 nitrogen and oxygen atoms in total. The number of methoxy groups -OCH3 is 1. The maximum absolute atomic E-state index is 14.0. The molecule has 44 heavy (non-hydrogen) atoms. The minimum Gasteiger partial charge on any atom is -0.496 e. The smallest absolute Gasteiger partial charge is 0.416 e. The number of pyridine rings is 1. The van der Waals surface area contributed by atoms with E-state index in [9.17, 15) is 27.9 Å². The van der Waals surface area contributed by atoms with Gasteiger partial charge in [-0.05, 0) is 60.5 Å². The molecule has 0 spiro atoms. The van der Waals surface area contributed by atoms with Crippen LogP contribution in [0.2, 0.25) is 0 Å². The fourth-order valence-corrected chi connectivity index (χ4v) is 5.87. The molecule has 5 aromatic rings. The molecule has 2 unspecified atom stereocenters. The van der Waals surface area contributed by atoms with Crippen molar-refractivity contribution in [2.45, 2.75) is 37.8 Å². The van der Waals surface area contributed by atoms with Gasteiger partial charge < -0.3 is 23.9 Å². The fraction of sp³-hybridized carbons (Fsp3) is 0.235. The summed E-state index contributed by atoms with van der Waals surface area (Å²) in [5.41, 5.74) is -0.692. The average Bonchev–Trinajstić information content (AvgIpc) is 2.98. The van der Waals surface area contributed by atoms with Crippen molar-refractivity contribution in [2.75, 3.05) is 7.11 Å². The second-order valence-corrected chi connectivity index (χ2v) is 11.3. The van der Waals surface area contributed by atoms with Gasteiger partial charge in [0.2, 0.25) is 5.43 Å². The predicted molar refractivity (Wildman–Crippen MR) is 161 cm³/mol. The van der Waals surface area contributed by atoms with E-state index in [4.69, 9.17) is 14.2 Å². The second-order valence-electron chi connectivity index (χ2n) is 11.3. The van der Waals surface area contributed by atoms with Crippen LogP contribution in [-0.4, -0.2) is 34.5 Å². The van der Waals surface area contributed by atoms with Gasteiger partial charge in [0.15, 0.2) is 6.10 Å². The van der Waals surface area contributed by atoms with Crippen molar-refractivity contribution < 1.29 is 37.3 Å². The third-order valence-corrected chi connectivity index (χ3v) is 8.05. The summed E-state index contributed by atoms with van der Waals surface area (Å²) in [5.74, 6) is -0.292. The molecule has 1 aromatic heterocycles. The number of rotatable bonds is 4. The molecule has 0 amide bonds. The first-order chi connectivity index (χ1) is 20.8. The predicted octanol–water partition coefficient (Wildman–Crippen LogP) is 6.70. The molecule has 10 heteroatoms. The van der Waals surface area contributed by atoms with E-state index in [0.29, 0.717) is 22.0 Å². The first-order valence-electron chi connectivity index (χ1n) is 13.8. The Balaban J connectivity index is 1.43.